The first-order valence-corrected chi connectivity index (χ1v) is 33.6. The van der Waals surface area contributed by atoms with E-state index in [1.165, 1.54) is 77.0 Å². The molecule has 480 valence electrons. The molecule has 0 heterocycles. The van der Waals surface area contributed by atoms with E-state index in [-0.39, 0.29) is 38.6 Å². The number of nitrogens with zero attached hydrogens (tertiary/aromatic N) is 1. The highest BCUT2D eigenvalue weighted by molar-refractivity contribution is 5.70. The first-order chi connectivity index (χ1) is 41.6. The third kappa shape index (κ3) is 66.3. The van der Waals surface area contributed by atoms with Gasteiger partial charge < -0.3 is 33.3 Å². The molecule has 0 amide bonds. The number of unbranched alkanes of at least 4 members (excludes halogenated alkanes) is 19. The van der Waals surface area contributed by atoms with Gasteiger partial charge in [0, 0.05) is 12.8 Å². The lowest BCUT2D eigenvalue weighted by atomic mass is 10.0. The Bertz CT molecular complexity index is 1950. The zero-order valence-corrected chi connectivity index (χ0v) is 54.7. The Morgan fingerprint density at radius 2 is 0.635 bits per heavy atom. The fraction of sp³-hybridized carbons (Fsp3) is 0.618. The molecular weight excluding hydrogens is 1050 g/mol. The molecule has 0 spiro atoms. The summed E-state index contributed by atoms with van der Waals surface area (Å²) in [5.74, 6) is -2.33. The Kier molecular flexibility index (Phi) is 61.0. The van der Waals surface area contributed by atoms with E-state index in [0.29, 0.717) is 23.9 Å². The van der Waals surface area contributed by atoms with Gasteiger partial charge >= 0.3 is 11.9 Å². The third-order valence-corrected chi connectivity index (χ3v) is 13.8. The SMILES string of the molecule is CC/C=C\C/C=C\C/C=C\C/C=C\C/C=C\C/C=C\C/C=C\CCCCCCCCCCCCCCCCCC(=O)OC(COC(=O)CCCCCC/C=C\C/C=C\C/C=C\C/C=C\C/C=C\C/C=C\CC)COC(OCC[N+](C)(C)C)C(=O)[O-]. The van der Waals surface area contributed by atoms with Gasteiger partial charge in [0.15, 0.2) is 12.4 Å². The lowest BCUT2D eigenvalue weighted by Crippen LogP contribution is -2.44. The summed E-state index contributed by atoms with van der Waals surface area (Å²) >= 11 is 0. The minimum atomic E-state index is -1.64. The molecule has 0 aromatic carbocycles. The summed E-state index contributed by atoms with van der Waals surface area (Å²) in [7, 11) is 5.91. The van der Waals surface area contributed by atoms with Crippen LogP contribution in [0.5, 0.6) is 0 Å². The van der Waals surface area contributed by atoms with Gasteiger partial charge in [0.25, 0.3) is 0 Å². The predicted molar refractivity (Wildman–Crippen MR) is 361 cm³/mol. The molecule has 0 saturated heterocycles. The highest BCUT2D eigenvalue weighted by Crippen LogP contribution is 2.16. The van der Waals surface area contributed by atoms with Crippen molar-refractivity contribution in [1.29, 1.82) is 0 Å². The van der Waals surface area contributed by atoms with Crippen LogP contribution in [0, 0.1) is 0 Å². The minimum Gasteiger partial charge on any atom is -0.545 e. The number of aliphatic carboxylic acids is 1. The highest BCUT2D eigenvalue weighted by Gasteiger charge is 2.22. The fourth-order valence-electron chi connectivity index (χ4n) is 8.70. The summed E-state index contributed by atoms with van der Waals surface area (Å²) in [5.41, 5.74) is 0. The Morgan fingerprint density at radius 3 is 0.941 bits per heavy atom. The number of hydrogen-bond acceptors (Lipinski definition) is 8. The Hall–Kier alpha value is -5.09. The average Bonchev–Trinajstić information content (AvgIpc) is 3.48. The molecule has 2 atom stereocenters. The number of esters is 2. The molecule has 2 unspecified atom stereocenters. The fourth-order valence-corrected chi connectivity index (χ4v) is 8.70. The van der Waals surface area contributed by atoms with Crippen LogP contribution in [0.2, 0.25) is 0 Å². The van der Waals surface area contributed by atoms with Crippen molar-refractivity contribution in [3.8, 4) is 0 Å². The van der Waals surface area contributed by atoms with E-state index in [1.54, 1.807) is 0 Å². The van der Waals surface area contributed by atoms with Crippen LogP contribution in [-0.4, -0.2) is 82.3 Å². The van der Waals surface area contributed by atoms with Crippen molar-refractivity contribution < 1.29 is 42.9 Å². The van der Waals surface area contributed by atoms with Crippen LogP contribution in [-0.2, 0) is 33.3 Å². The molecule has 0 N–H and O–H groups in total. The number of rotatable bonds is 60. The maximum absolute atomic E-state index is 12.9. The standard InChI is InChI=1S/C76H123NO8/c1-6-8-10-12-14-16-18-20-22-24-26-28-30-31-32-33-34-35-36-37-38-39-40-41-42-43-45-47-49-51-53-55-57-59-61-63-65-67-74(79)85-72(71-84-76(75(80)81)82-69-68-77(3,4)5)70-83-73(78)66-64-62-60-58-56-54-52-50-48-46-44-29-27-25-23-21-19-17-15-13-11-9-7-2/h8-11,14-17,20-23,26-29,31-32,34-35,37-38,46,48,52,54,72,76H,6-7,12-13,18-19,24-25,30,33,36,39-45,47,49-51,53,55-71H2,1-5H3/b10-8-,11-9-,16-14-,17-15-,22-20-,23-21-,28-26-,29-27-,32-31-,35-34-,38-37-,48-46-,54-52-. The van der Waals surface area contributed by atoms with Crippen LogP contribution in [0.4, 0.5) is 0 Å². The smallest absolute Gasteiger partial charge is 0.306 e. The number of ether oxygens (including phenoxy) is 4. The van der Waals surface area contributed by atoms with Crippen LogP contribution in [0.25, 0.3) is 0 Å². The largest absolute Gasteiger partial charge is 0.545 e. The summed E-state index contributed by atoms with van der Waals surface area (Å²) in [5, 5.41) is 11.8. The van der Waals surface area contributed by atoms with Crippen molar-refractivity contribution >= 4 is 17.9 Å². The van der Waals surface area contributed by atoms with Crippen molar-refractivity contribution in [3.05, 3.63) is 158 Å². The monoisotopic (exact) mass is 1180 g/mol. The van der Waals surface area contributed by atoms with E-state index in [4.69, 9.17) is 18.9 Å². The first-order valence-electron chi connectivity index (χ1n) is 33.6. The molecule has 0 radical (unpaired) electrons. The van der Waals surface area contributed by atoms with Crippen molar-refractivity contribution in [2.75, 3.05) is 47.5 Å². The lowest BCUT2D eigenvalue weighted by Gasteiger charge is -2.26. The van der Waals surface area contributed by atoms with E-state index < -0.39 is 24.3 Å². The van der Waals surface area contributed by atoms with Gasteiger partial charge in [-0.15, -0.1) is 0 Å². The number of likely N-dealkylation sites (N-methyl/N-ethyl adjacent to an activating group) is 1. The van der Waals surface area contributed by atoms with E-state index in [9.17, 15) is 19.5 Å². The molecule has 85 heavy (non-hydrogen) atoms. The molecule has 0 aromatic heterocycles. The van der Waals surface area contributed by atoms with Crippen LogP contribution >= 0.6 is 0 Å². The van der Waals surface area contributed by atoms with Gasteiger partial charge in [0.05, 0.1) is 40.3 Å². The van der Waals surface area contributed by atoms with Gasteiger partial charge in [-0.05, 0) is 122 Å². The van der Waals surface area contributed by atoms with Gasteiger partial charge in [-0.3, -0.25) is 9.59 Å². The molecule has 0 saturated carbocycles. The quantitative estimate of drug-likeness (QED) is 0.0195. The number of carbonyl (C=O) groups excluding carboxylic acids is 3. The number of carbonyl (C=O) groups is 3. The number of hydrogen-bond donors (Lipinski definition) is 0. The zero-order chi connectivity index (χ0) is 61.9. The summed E-state index contributed by atoms with van der Waals surface area (Å²) in [6.45, 7) is 4.48. The van der Waals surface area contributed by atoms with Crippen LogP contribution in [0.3, 0.4) is 0 Å². The Balaban J connectivity index is 4.18. The lowest BCUT2D eigenvalue weighted by molar-refractivity contribution is -0.870. The maximum Gasteiger partial charge on any atom is 0.306 e. The molecule has 0 bridgehead atoms. The van der Waals surface area contributed by atoms with Gasteiger partial charge in [0.2, 0.25) is 0 Å². The molecule has 9 heteroatoms. The van der Waals surface area contributed by atoms with Gasteiger partial charge in [-0.25, -0.2) is 0 Å². The summed E-state index contributed by atoms with van der Waals surface area (Å²) in [6, 6.07) is 0. The topological polar surface area (TPSA) is 111 Å². The molecule has 0 rings (SSSR count). The van der Waals surface area contributed by atoms with Gasteiger partial charge in [0.1, 0.15) is 13.2 Å². The molecule has 0 fully saturated rings. The molecule has 0 aliphatic heterocycles. The second kappa shape index (κ2) is 64.9. The third-order valence-electron chi connectivity index (χ3n) is 13.8. The molecule has 9 nitrogen and oxygen atoms in total. The van der Waals surface area contributed by atoms with E-state index in [1.807, 2.05) is 21.1 Å². The van der Waals surface area contributed by atoms with Crippen molar-refractivity contribution in [1.82, 2.24) is 0 Å². The number of carboxylic acid groups (broad SMARTS) is 1. The number of carboxylic acids is 1. The number of quaternary nitrogens is 1. The highest BCUT2D eigenvalue weighted by atomic mass is 16.7. The second-order valence-corrected chi connectivity index (χ2v) is 23.0. The Morgan fingerprint density at radius 1 is 0.353 bits per heavy atom. The van der Waals surface area contributed by atoms with Crippen LogP contribution in [0.1, 0.15) is 245 Å². The summed E-state index contributed by atoms with van der Waals surface area (Å²) < 4.78 is 22.7. The van der Waals surface area contributed by atoms with Gasteiger partial charge in [-0.1, -0.05) is 268 Å². The average molecular weight is 1180 g/mol. The minimum absolute atomic E-state index is 0.136. The molecule has 0 aliphatic carbocycles. The molecule has 0 aromatic rings. The number of allylic oxidation sites excluding steroid dienone is 26. The Labute approximate surface area is 521 Å². The molecular formula is C76H123NO8. The zero-order valence-electron chi connectivity index (χ0n) is 54.7. The normalized spacial score (nSPS) is 13.8. The second-order valence-electron chi connectivity index (χ2n) is 23.0. The van der Waals surface area contributed by atoms with E-state index in [0.717, 1.165) is 128 Å². The van der Waals surface area contributed by atoms with Crippen molar-refractivity contribution in [3.63, 3.8) is 0 Å². The molecule has 0 aliphatic rings. The van der Waals surface area contributed by atoms with E-state index >= 15 is 0 Å². The maximum atomic E-state index is 12.9. The van der Waals surface area contributed by atoms with Crippen molar-refractivity contribution in [2.24, 2.45) is 0 Å². The van der Waals surface area contributed by atoms with Crippen molar-refractivity contribution in [2.45, 2.75) is 257 Å². The van der Waals surface area contributed by atoms with E-state index in [2.05, 4.69) is 172 Å². The summed E-state index contributed by atoms with van der Waals surface area (Å²) in [4.78, 5) is 37.4. The first kappa shape index (κ1) is 79.9. The van der Waals surface area contributed by atoms with Gasteiger partial charge in [-0.2, -0.15) is 0 Å². The summed E-state index contributed by atoms with van der Waals surface area (Å²) in [6.07, 6.45) is 93.1. The van der Waals surface area contributed by atoms with Crippen LogP contribution in [0.15, 0.2) is 158 Å². The predicted octanol–water partition coefficient (Wildman–Crippen LogP) is 19.6. The van der Waals surface area contributed by atoms with Crippen LogP contribution < -0.4 is 5.11 Å².